The van der Waals surface area contributed by atoms with Gasteiger partial charge in [-0.25, -0.2) is 14.2 Å². The number of carbonyl (C=O) groups is 2. The Balaban J connectivity index is 1.40. The van der Waals surface area contributed by atoms with Crippen molar-refractivity contribution in [1.29, 1.82) is 0 Å². The van der Waals surface area contributed by atoms with E-state index in [1.54, 1.807) is 47.1 Å². The van der Waals surface area contributed by atoms with E-state index in [2.05, 4.69) is 28.1 Å². The van der Waals surface area contributed by atoms with Gasteiger partial charge >= 0.3 is 6.09 Å². The summed E-state index contributed by atoms with van der Waals surface area (Å²) in [5, 5.41) is 2.78. The van der Waals surface area contributed by atoms with Gasteiger partial charge in [-0.1, -0.05) is 6.07 Å². The summed E-state index contributed by atoms with van der Waals surface area (Å²) in [4.78, 5) is 40.8. The molecule has 9 nitrogen and oxygen atoms in total. The summed E-state index contributed by atoms with van der Waals surface area (Å²) in [6, 6.07) is 4.91. The molecule has 0 bridgehead atoms. The SMILES string of the molecule is BC1CN(C(=O)OC(C)(C)C)CCC1c1ccc(C(=O)Nc2cc(F)c3nc(C)cn3c2)c2nccnc12. The number of nitrogens with one attached hydrogen (secondary N) is 1. The minimum atomic E-state index is -0.547. The number of benzene rings is 1. The predicted molar refractivity (Wildman–Crippen MR) is 145 cm³/mol. The normalized spacial score (nSPS) is 18.1. The molecular formula is C27H30BFN6O3. The molecule has 4 aromatic rings. The van der Waals surface area contributed by atoms with Crippen molar-refractivity contribution in [2.75, 3.05) is 18.4 Å². The minimum Gasteiger partial charge on any atom is -0.444 e. The van der Waals surface area contributed by atoms with Gasteiger partial charge in [-0.3, -0.25) is 14.8 Å². The molecule has 0 radical (unpaired) electrons. The zero-order chi connectivity index (χ0) is 27.2. The molecule has 0 aliphatic carbocycles. The zero-order valence-electron chi connectivity index (χ0n) is 22.2. The third kappa shape index (κ3) is 5.05. The van der Waals surface area contributed by atoms with Gasteiger partial charge in [0.05, 0.1) is 22.5 Å². The van der Waals surface area contributed by atoms with Crippen LogP contribution < -0.4 is 5.32 Å². The van der Waals surface area contributed by atoms with E-state index in [-0.39, 0.29) is 23.5 Å². The van der Waals surface area contributed by atoms with Crippen LogP contribution in [0.1, 0.15) is 54.7 Å². The van der Waals surface area contributed by atoms with Crippen molar-refractivity contribution in [3.63, 3.8) is 0 Å². The van der Waals surface area contributed by atoms with Gasteiger partial charge in [-0.05, 0) is 57.5 Å². The van der Waals surface area contributed by atoms with Gasteiger partial charge in [0, 0.05) is 43.9 Å². The van der Waals surface area contributed by atoms with Crippen LogP contribution in [0.25, 0.3) is 16.7 Å². The standard InChI is InChI=1S/C27H30BFN6O3/c1-15-12-35-13-16(11-21(29)24(35)32-15)33-25(36)19-6-5-18(22-23(19)31-9-8-30-22)17-7-10-34(14-20(17)28)26(37)38-27(2,3)4/h5-6,8-9,11-13,17,20H,7,10,14,28H2,1-4H3,(H,33,36). The molecule has 2 amide bonds. The fourth-order valence-corrected chi connectivity index (χ4v) is 5.11. The molecule has 3 aromatic heterocycles. The van der Waals surface area contributed by atoms with Crippen LogP contribution in [0.3, 0.4) is 0 Å². The third-order valence-electron chi connectivity index (χ3n) is 6.74. The molecule has 0 spiro atoms. The summed E-state index contributed by atoms with van der Waals surface area (Å²) >= 11 is 0. The number of fused-ring (bicyclic) bond motifs is 2. The quantitative estimate of drug-likeness (QED) is 0.411. The Kier molecular flexibility index (Phi) is 6.54. The van der Waals surface area contributed by atoms with Crippen LogP contribution in [0.15, 0.2) is 43.0 Å². The lowest BCUT2D eigenvalue weighted by atomic mass is 9.69. The average molecular weight is 516 g/mol. The van der Waals surface area contributed by atoms with Crippen molar-refractivity contribution in [2.24, 2.45) is 0 Å². The van der Waals surface area contributed by atoms with Gasteiger partial charge in [0.15, 0.2) is 11.5 Å². The van der Waals surface area contributed by atoms with Crippen molar-refractivity contribution < 1.29 is 18.7 Å². The van der Waals surface area contributed by atoms with Gasteiger partial charge in [0.25, 0.3) is 5.91 Å². The molecule has 38 heavy (non-hydrogen) atoms. The highest BCUT2D eigenvalue weighted by Gasteiger charge is 2.33. The number of nitrogens with zero attached hydrogens (tertiary/aromatic N) is 5. The number of aromatic nitrogens is 4. The first-order chi connectivity index (χ1) is 18.0. The highest BCUT2D eigenvalue weighted by Crippen LogP contribution is 2.38. The van der Waals surface area contributed by atoms with Gasteiger partial charge in [-0.2, -0.15) is 0 Å². The number of likely N-dealkylation sites (tertiary alicyclic amines) is 1. The van der Waals surface area contributed by atoms with Crippen LogP contribution in [0.5, 0.6) is 0 Å². The van der Waals surface area contributed by atoms with Gasteiger partial charge < -0.3 is 19.4 Å². The van der Waals surface area contributed by atoms with Crippen LogP contribution in [-0.2, 0) is 4.74 Å². The second-order valence-corrected chi connectivity index (χ2v) is 10.9. The van der Waals surface area contributed by atoms with Crippen LogP contribution in [0, 0.1) is 12.7 Å². The largest absolute Gasteiger partial charge is 0.444 e. The number of hydrogen-bond donors (Lipinski definition) is 1. The molecule has 1 N–H and O–H groups in total. The monoisotopic (exact) mass is 516 g/mol. The predicted octanol–water partition coefficient (Wildman–Crippen LogP) is 4.12. The first-order valence-electron chi connectivity index (χ1n) is 12.7. The Morgan fingerprint density at radius 2 is 1.89 bits per heavy atom. The number of halogens is 1. The number of rotatable bonds is 3. The number of ether oxygens (including phenoxy) is 1. The van der Waals surface area contributed by atoms with E-state index in [1.807, 2.05) is 26.8 Å². The molecule has 1 saturated heterocycles. The molecule has 1 fully saturated rings. The van der Waals surface area contributed by atoms with Crippen molar-refractivity contribution in [1.82, 2.24) is 24.3 Å². The summed E-state index contributed by atoms with van der Waals surface area (Å²) in [6.45, 7) is 8.48. The van der Waals surface area contributed by atoms with Crippen molar-refractivity contribution >= 4 is 42.2 Å². The van der Waals surface area contributed by atoms with E-state index in [9.17, 15) is 14.0 Å². The number of hydrogen-bond acceptors (Lipinski definition) is 6. The Hall–Kier alpha value is -4.02. The Bertz CT molecular complexity index is 1550. The lowest BCUT2D eigenvalue weighted by molar-refractivity contribution is 0.0205. The number of imidazole rings is 1. The molecular weight excluding hydrogens is 486 g/mol. The minimum absolute atomic E-state index is 0.131. The van der Waals surface area contributed by atoms with E-state index in [1.165, 1.54) is 6.07 Å². The molecule has 0 saturated carbocycles. The first kappa shape index (κ1) is 25.6. The molecule has 2 unspecified atom stereocenters. The fourth-order valence-electron chi connectivity index (χ4n) is 5.11. The highest BCUT2D eigenvalue weighted by atomic mass is 19.1. The molecule has 11 heteroatoms. The topological polar surface area (TPSA) is 102 Å². The average Bonchev–Trinajstić information content (AvgIpc) is 3.23. The molecule has 4 heterocycles. The van der Waals surface area contributed by atoms with E-state index in [0.717, 1.165) is 12.0 Å². The lowest BCUT2D eigenvalue weighted by Gasteiger charge is -2.38. The van der Waals surface area contributed by atoms with Crippen LogP contribution in [-0.4, -0.2) is 62.8 Å². The zero-order valence-corrected chi connectivity index (χ0v) is 22.2. The summed E-state index contributed by atoms with van der Waals surface area (Å²) in [7, 11) is 2.10. The smallest absolute Gasteiger partial charge is 0.410 e. The molecule has 1 aliphatic rings. The van der Waals surface area contributed by atoms with Crippen LogP contribution in [0.4, 0.5) is 14.9 Å². The second kappa shape index (κ2) is 9.70. The van der Waals surface area contributed by atoms with E-state index >= 15 is 0 Å². The van der Waals surface area contributed by atoms with Crippen molar-refractivity contribution in [3.8, 4) is 0 Å². The number of piperidine rings is 1. The van der Waals surface area contributed by atoms with Crippen molar-refractivity contribution in [3.05, 3.63) is 65.6 Å². The Labute approximate surface area is 220 Å². The maximum absolute atomic E-state index is 14.5. The molecule has 5 rings (SSSR count). The summed E-state index contributed by atoms with van der Waals surface area (Å²) < 4.78 is 21.6. The first-order valence-corrected chi connectivity index (χ1v) is 12.7. The van der Waals surface area contributed by atoms with Crippen LogP contribution >= 0.6 is 0 Å². The molecule has 2 atom stereocenters. The number of amides is 2. The van der Waals surface area contributed by atoms with Crippen LogP contribution in [0.2, 0.25) is 5.82 Å². The summed E-state index contributed by atoms with van der Waals surface area (Å²) in [5.41, 5.74) is 3.10. The molecule has 196 valence electrons. The maximum atomic E-state index is 14.5. The molecule has 1 aliphatic heterocycles. The summed E-state index contributed by atoms with van der Waals surface area (Å²) in [6.07, 6.45) is 6.91. The fraction of sp³-hybridized carbons (Fsp3) is 0.370. The maximum Gasteiger partial charge on any atom is 0.410 e. The summed E-state index contributed by atoms with van der Waals surface area (Å²) in [5.74, 6) is -0.659. The van der Waals surface area contributed by atoms with Gasteiger partial charge in [-0.15, -0.1) is 0 Å². The Morgan fingerprint density at radius 3 is 2.61 bits per heavy atom. The number of anilines is 1. The van der Waals surface area contributed by atoms with E-state index in [4.69, 9.17) is 4.74 Å². The highest BCUT2D eigenvalue weighted by molar-refractivity contribution is 6.14. The van der Waals surface area contributed by atoms with E-state index in [0.29, 0.717) is 41.1 Å². The number of carbonyl (C=O) groups excluding carboxylic acids is 2. The number of pyridine rings is 1. The van der Waals surface area contributed by atoms with E-state index < -0.39 is 17.3 Å². The second-order valence-electron chi connectivity index (χ2n) is 10.9. The number of aryl methyl sites for hydroxylation is 1. The van der Waals surface area contributed by atoms with Gasteiger partial charge in [0.1, 0.15) is 19.0 Å². The Morgan fingerprint density at radius 1 is 1.16 bits per heavy atom. The van der Waals surface area contributed by atoms with Gasteiger partial charge in [0.2, 0.25) is 0 Å². The van der Waals surface area contributed by atoms with Crippen molar-refractivity contribution in [2.45, 2.75) is 51.5 Å². The third-order valence-corrected chi connectivity index (χ3v) is 6.74. The lowest BCUT2D eigenvalue weighted by Crippen LogP contribution is -2.43. The molecule has 1 aromatic carbocycles.